The summed E-state index contributed by atoms with van der Waals surface area (Å²) in [6, 6.07) is 8.97. The van der Waals surface area contributed by atoms with Gasteiger partial charge in [-0.15, -0.1) is 0 Å². The van der Waals surface area contributed by atoms with Crippen LogP contribution in [0, 0.1) is 17.2 Å². The van der Waals surface area contributed by atoms with Gasteiger partial charge < -0.3 is 5.32 Å². The Kier molecular flexibility index (Phi) is 6.49. The Morgan fingerprint density at radius 2 is 1.64 bits per heavy atom. The first-order valence-corrected chi connectivity index (χ1v) is 14.3. The zero-order valence-corrected chi connectivity index (χ0v) is 22.8. The number of nitrogens with zero attached hydrogens (tertiary/aromatic N) is 2. The summed E-state index contributed by atoms with van der Waals surface area (Å²) >= 11 is 0. The number of amidine groups is 1. The van der Waals surface area contributed by atoms with E-state index in [9.17, 15) is 30.8 Å². The van der Waals surface area contributed by atoms with Gasteiger partial charge in [-0.1, -0.05) is 26.0 Å². The van der Waals surface area contributed by atoms with Crippen LogP contribution in [0.4, 0.5) is 17.6 Å². The fourth-order valence-electron chi connectivity index (χ4n) is 6.09. The summed E-state index contributed by atoms with van der Waals surface area (Å²) in [4.78, 5) is 17.4. The predicted octanol–water partition coefficient (Wildman–Crippen LogP) is 5.33. The van der Waals surface area contributed by atoms with Crippen molar-refractivity contribution in [2.24, 2.45) is 16.3 Å². The van der Waals surface area contributed by atoms with Crippen molar-refractivity contribution in [3.63, 3.8) is 0 Å². The first kappa shape index (κ1) is 27.8. The lowest BCUT2D eigenvalue weighted by Crippen LogP contribution is -2.78. The molecule has 1 heterocycles. The standard InChI is InChI=1S/C28H31F4N3O3S/c1-18(2)12-23(36)25(3)17-33-24(34-25)26-14-27(15-26,16-26)35(39(37,38)22-10-8-21(29)9-11-22)13-19-4-6-20(7-5-19)28(30,31)32/h4-11,18H,12-17H2,1-3H3,(H,33,34)/t25-,26?,27?/m0/s1. The van der Waals surface area contributed by atoms with Crippen molar-refractivity contribution < 1.29 is 30.8 Å². The van der Waals surface area contributed by atoms with Crippen molar-refractivity contribution in [1.82, 2.24) is 9.62 Å². The average Bonchev–Trinajstić information content (AvgIpc) is 3.19. The molecule has 0 unspecified atom stereocenters. The van der Waals surface area contributed by atoms with Gasteiger partial charge in [-0.25, -0.2) is 12.8 Å². The zero-order chi connectivity index (χ0) is 28.4. The largest absolute Gasteiger partial charge is 0.416 e. The number of halogens is 4. The highest BCUT2D eigenvalue weighted by molar-refractivity contribution is 7.89. The number of sulfonamides is 1. The summed E-state index contributed by atoms with van der Waals surface area (Å²) in [7, 11) is -4.11. The Morgan fingerprint density at radius 1 is 1.05 bits per heavy atom. The Balaban J connectivity index is 1.39. The van der Waals surface area contributed by atoms with E-state index in [1.54, 1.807) is 0 Å². The first-order chi connectivity index (χ1) is 18.1. The molecular formula is C28H31F4N3O3S. The third-order valence-corrected chi connectivity index (χ3v) is 10.2. The maximum absolute atomic E-state index is 13.8. The van der Waals surface area contributed by atoms with E-state index in [1.807, 2.05) is 20.8 Å². The Hall–Kier alpha value is -2.79. The van der Waals surface area contributed by atoms with Gasteiger partial charge in [0.05, 0.1) is 17.0 Å². The van der Waals surface area contributed by atoms with E-state index in [4.69, 9.17) is 0 Å². The van der Waals surface area contributed by atoms with E-state index in [-0.39, 0.29) is 28.6 Å². The van der Waals surface area contributed by atoms with Gasteiger partial charge in [0.15, 0.2) is 5.78 Å². The smallest absolute Gasteiger partial charge is 0.360 e. The van der Waals surface area contributed by atoms with Crippen molar-refractivity contribution in [3.05, 3.63) is 65.5 Å². The van der Waals surface area contributed by atoms with Crippen molar-refractivity contribution in [2.45, 2.75) is 75.1 Å². The third kappa shape index (κ3) is 4.77. The van der Waals surface area contributed by atoms with E-state index >= 15 is 0 Å². The van der Waals surface area contributed by atoms with Gasteiger partial charge in [0.25, 0.3) is 0 Å². The Labute approximate surface area is 225 Å². The minimum atomic E-state index is -4.50. The SMILES string of the molecule is CC(C)CC(=O)[C@]1(C)CN=C(C23CC(N(Cc4ccc(C(F)(F)F)cc4)S(=O)(=O)c4ccc(F)cc4)(C2)C3)N1. The fourth-order valence-corrected chi connectivity index (χ4v) is 7.85. The monoisotopic (exact) mass is 565 g/mol. The molecule has 0 spiro atoms. The van der Waals surface area contributed by atoms with Crippen LogP contribution in [-0.4, -0.2) is 42.0 Å². The van der Waals surface area contributed by atoms with E-state index in [0.29, 0.717) is 37.8 Å². The zero-order valence-electron chi connectivity index (χ0n) is 22.0. The lowest BCUT2D eigenvalue weighted by atomic mass is 9.38. The van der Waals surface area contributed by atoms with Crippen molar-refractivity contribution in [2.75, 3.05) is 6.54 Å². The van der Waals surface area contributed by atoms with E-state index in [0.717, 1.165) is 30.1 Å². The molecule has 4 aliphatic rings. The van der Waals surface area contributed by atoms with Gasteiger partial charge in [0, 0.05) is 23.9 Å². The number of benzene rings is 2. The number of rotatable bonds is 9. The fraction of sp³-hybridized carbons (Fsp3) is 0.500. The minimum Gasteiger partial charge on any atom is -0.360 e. The predicted molar refractivity (Wildman–Crippen MR) is 138 cm³/mol. The van der Waals surface area contributed by atoms with Gasteiger partial charge in [0.1, 0.15) is 17.2 Å². The summed E-state index contributed by atoms with van der Waals surface area (Å²) in [5.41, 5.74) is -2.31. The summed E-state index contributed by atoms with van der Waals surface area (Å²) in [6.45, 7) is 6.00. The van der Waals surface area contributed by atoms with Crippen molar-refractivity contribution in [3.8, 4) is 0 Å². The lowest BCUT2D eigenvalue weighted by Gasteiger charge is -2.73. The molecule has 2 aromatic rings. The van der Waals surface area contributed by atoms with Gasteiger partial charge in [0.2, 0.25) is 10.0 Å². The summed E-state index contributed by atoms with van der Waals surface area (Å²) in [6.07, 6.45) is -2.65. The summed E-state index contributed by atoms with van der Waals surface area (Å²) in [5.74, 6) is 0.444. The molecule has 0 radical (unpaired) electrons. The molecule has 0 aromatic heterocycles. The molecule has 2 bridgehead atoms. The molecule has 6 nitrogen and oxygen atoms in total. The second-order valence-electron chi connectivity index (χ2n) is 11.8. The van der Waals surface area contributed by atoms with Crippen LogP contribution in [0.25, 0.3) is 0 Å². The van der Waals surface area contributed by atoms with E-state index in [2.05, 4.69) is 10.3 Å². The highest BCUT2D eigenvalue weighted by Gasteiger charge is 2.75. The number of Topliss-reactive ketones (excluding diaryl/α,β-unsaturated/α-hetero) is 1. The molecule has 3 fully saturated rings. The summed E-state index contributed by atoms with van der Waals surface area (Å²) < 4.78 is 81.7. The van der Waals surface area contributed by atoms with Crippen LogP contribution in [0.5, 0.6) is 0 Å². The topological polar surface area (TPSA) is 78.8 Å². The normalized spacial score (nSPS) is 28.1. The van der Waals surface area contributed by atoms with Gasteiger partial charge in [-0.2, -0.15) is 17.5 Å². The molecule has 1 aliphatic heterocycles. The highest BCUT2D eigenvalue weighted by Crippen LogP contribution is 2.71. The number of hydrogen-bond acceptors (Lipinski definition) is 5. The lowest BCUT2D eigenvalue weighted by molar-refractivity contribution is -0.151. The number of aliphatic imine (C=N–C) groups is 1. The number of alkyl halides is 3. The molecule has 2 aromatic carbocycles. The Morgan fingerprint density at radius 3 is 2.18 bits per heavy atom. The molecule has 39 heavy (non-hydrogen) atoms. The quantitative estimate of drug-likeness (QED) is 0.417. The van der Waals surface area contributed by atoms with Crippen molar-refractivity contribution >= 4 is 21.6 Å². The number of nitrogens with one attached hydrogen (secondary N) is 1. The molecule has 3 saturated carbocycles. The van der Waals surface area contributed by atoms with Crippen LogP contribution < -0.4 is 5.32 Å². The molecule has 1 atom stereocenters. The Bertz CT molecular complexity index is 1400. The van der Waals surface area contributed by atoms with Gasteiger partial charge in [-0.3, -0.25) is 9.79 Å². The second kappa shape index (κ2) is 9.12. The second-order valence-corrected chi connectivity index (χ2v) is 13.7. The van der Waals surface area contributed by atoms with Crippen LogP contribution in [0.2, 0.25) is 0 Å². The minimum absolute atomic E-state index is 0.0837. The molecule has 6 rings (SSSR count). The molecule has 3 aliphatic carbocycles. The van der Waals surface area contributed by atoms with Crippen LogP contribution in [-0.2, 0) is 27.5 Å². The highest BCUT2D eigenvalue weighted by atomic mass is 32.2. The maximum atomic E-state index is 13.8. The average molecular weight is 566 g/mol. The van der Waals surface area contributed by atoms with E-state index in [1.165, 1.54) is 28.6 Å². The number of carbonyl (C=O) groups is 1. The molecule has 11 heteroatoms. The maximum Gasteiger partial charge on any atom is 0.416 e. The summed E-state index contributed by atoms with van der Waals surface area (Å²) in [5, 5.41) is 3.34. The van der Waals surface area contributed by atoms with Gasteiger partial charge in [-0.05, 0) is 74.1 Å². The first-order valence-electron chi connectivity index (χ1n) is 12.9. The molecule has 210 valence electrons. The molecule has 0 saturated heterocycles. The van der Waals surface area contributed by atoms with Crippen LogP contribution in [0.3, 0.4) is 0 Å². The van der Waals surface area contributed by atoms with Crippen molar-refractivity contribution in [1.29, 1.82) is 0 Å². The third-order valence-electron chi connectivity index (χ3n) is 8.20. The van der Waals surface area contributed by atoms with Crippen LogP contribution in [0.15, 0.2) is 58.4 Å². The number of carbonyl (C=O) groups excluding carboxylic acids is 1. The molecule has 1 N–H and O–H groups in total. The number of ketones is 1. The van der Waals surface area contributed by atoms with E-state index < -0.39 is 38.7 Å². The molecule has 0 amide bonds. The van der Waals surface area contributed by atoms with Crippen LogP contribution >= 0.6 is 0 Å². The van der Waals surface area contributed by atoms with Gasteiger partial charge >= 0.3 is 6.18 Å². The van der Waals surface area contributed by atoms with Crippen LogP contribution in [0.1, 0.15) is 57.6 Å². The number of hydrogen-bond donors (Lipinski definition) is 1. The molecular weight excluding hydrogens is 534 g/mol.